The van der Waals surface area contributed by atoms with Crippen LogP contribution in [0.15, 0.2) is 35.1 Å². The Labute approximate surface area is 113 Å². The molecule has 0 bridgehead atoms. The lowest BCUT2D eigenvalue weighted by Crippen LogP contribution is -2.00. The molecule has 5 heteroatoms. The highest BCUT2D eigenvalue weighted by Gasteiger charge is 2.07. The van der Waals surface area contributed by atoms with Crippen LogP contribution in [-0.2, 0) is 6.61 Å². The van der Waals surface area contributed by atoms with Gasteiger partial charge in [-0.05, 0) is 30.7 Å². The molecule has 3 nitrogen and oxygen atoms in total. The van der Waals surface area contributed by atoms with E-state index in [1.165, 1.54) is 6.07 Å². The van der Waals surface area contributed by atoms with Gasteiger partial charge in [0.1, 0.15) is 5.82 Å². The number of aliphatic hydroxyl groups excluding tert-OH is 1. The number of pyridine rings is 1. The lowest BCUT2D eigenvalue weighted by molar-refractivity contribution is 0.280. The number of aliphatic hydroxyl groups is 1. The van der Waals surface area contributed by atoms with Gasteiger partial charge in [-0.25, -0.2) is 4.39 Å². The summed E-state index contributed by atoms with van der Waals surface area (Å²) >= 11 is 3.21. The van der Waals surface area contributed by atoms with Crippen LogP contribution in [0, 0.1) is 12.7 Å². The summed E-state index contributed by atoms with van der Waals surface area (Å²) in [6.45, 7) is 1.77. The fourth-order valence-electron chi connectivity index (χ4n) is 1.59. The van der Waals surface area contributed by atoms with Gasteiger partial charge < -0.3 is 10.4 Å². The second kappa shape index (κ2) is 5.46. The Hall–Kier alpha value is -1.46. The SMILES string of the molecule is Cc1c(CO)cncc1Nc1ccc(Br)cc1F. The molecule has 0 aliphatic rings. The van der Waals surface area contributed by atoms with E-state index in [9.17, 15) is 4.39 Å². The van der Waals surface area contributed by atoms with Gasteiger partial charge in [0, 0.05) is 16.2 Å². The molecule has 0 spiro atoms. The van der Waals surface area contributed by atoms with Gasteiger partial charge in [-0.3, -0.25) is 4.98 Å². The summed E-state index contributed by atoms with van der Waals surface area (Å²) in [6.07, 6.45) is 3.20. The van der Waals surface area contributed by atoms with Crippen molar-refractivity contribution in [3.8, 4) is 0 Å². The normalized spacial score (nSPS) is 10.4. The first-order valence-electron chi connectivity index (χ1n) is 5.38. The summed E-state index contributed by atoms with van der Waals surface area (Å²) in [4.78, 5) is 4.01. The van der Waals surface area contributed by atoms with Gasteiger partial charge in [0.05, 0.1) is 24.2 Å². The van der Waals surface area contributed by atoms with E-state index in [1.54, 1.807) is 24.5 Å². The molecule has 2 N–H and O–H groups in total. The molecule has 2 rings (SSSR count). The van der Waals surface area contributed by atoms with Gasteiger partial charge in [-0.2, -0.15) is 0 Å². The standard InChI is InChI=1S/C13H12BrFN2O/c1-8-9(7-18)5-16-6-13(8)17-12-3-2-10(14)4-11(12)15/h2-6,17-18H,7H2,1H3. The van der Waals surface area contributed by atoms with E-state index >= 15 is 0 Å². The molecule has 0 unspecified atom stereocenters. The van der Waals surface area contributed by atoms with E-state index in [4.69, 9.17) is 5.11 Å². The maximum absolute atomic E-state index is 13.7. The fraction of sp³-hybridized carbons (Fsp3) is 0.154. The Morgan fingerprint density at radius 3 is 2.78 bits per heavy atom. The number of hydrogen-bond donors (Lipinski definition) is 2. The largest absolute Gasteiger partial charge is 0.392 e. The third kappa shape index (κ3) is 2.68. The Morgan fingerprint density at radius 1 is 1.33 bits per heavy atom. The molecule has 0 fully saturated rings. The molecule has 0 radical (unpaired) electrons. The minimum absolute atomic E-state index is 0.0861. The predicted molar refractivity (Wildman–Crippen MR) is 72.3 cm³/mol. The van der Waals surface area contributed by atoms with Gasteiger partial charge in [-0.1, -0.05) is 15.9 Å². The minimum Gasteiger partial charge on any atom is -0.392 e. The van der Waals surface area contributed by atoms with E-state index in [2.05, 4.69) is 26.2 Å². The molecule has 2 aromatic rings. The third-order valence-electron chi connectivity index (χ3n) is 2.69. The summed E-state index contributed by atoms with van der Waals surface area (Å²) in [5.74, 6) is -0.349. The van der Waals surface area contributed by atoms with Crippen molar-refractivity contribution in [3.63, 3.8) is 0 Å². The zero-order chi connectivity index (χ0) is 13.1. The molecule has 1 aromatic carbocycles. The van der Waals surface area contributed by atoms with Crippen molar-refractivity contribution in [1.82, 2.24) is 4.98 Å². The molecule has 0 aliphatic carbocycles. The highest BCUT2D eigenvalue weighted by molar-refractivity contribution is 9.10. The van der Waals surface area contributed by atoms with Crippen molar-refractivity contribution >= 4 is 27.3 Å². The Bertz CT molecular complexity index is 575. The highest BCUT2D eigenvalue weighted by Crippen LogP contribution is 2.25. The summed E-state index contributed by atoms with van der Waals surface area (Å²) in [5.41, 5.74) is 2.63. The molecule has 1 aromatic heterocycles. The van der Waals surface area contributed by atoms with Gasteiger partial charge in [0.25, 0.3) is 0 Å². The first-order valence-corrected chi connectivity index (χ1v) is 6.17. The Balaban J connectivity index is 2.34. The Kier molecular flexibility index (Phi) is 3.93. The zero-order valence-electron chi connectivity index (χ0n) is 9.74. The molecule has 0 aliphatic heterocycles. The van der Waals surface area contributed by atoms with Crippen LogP contribution in [0.2, 0.25) is 0 Å². The molecule has 18 heavy (non-hydrogen) atoms. The summed E-state index contributed by atoms with van der Waals surface area (Å²) in [7, 11) is 0. The van der Waals surface area contributed by atoms with Gasteiger partial charge in [0.15, 0.2) is 0 Å². The van der Waals surface area contributed by atoms with E-state index in [0.29, 0.717) is 15.8 Å². The third-order valence-corrected chi connectivity index (χ3v) is 3.18. The van der Waals surface area contributed by atoms with Crippen LogP contribution in [-0.4, -0.2) is 10.1 Å². The zero-order valence-corrected chi connectivity index (χ0v) is 11.3. The van der Waals surface area contributed by atoms with Crippen molar-refractivity contribution in [2.45, 2.75) is 13.5 Å². The molecule has 0 saturated carbocycles. The molecule has 0 saturated heterocycles. The van der Waals surface area contributed by atoms with Crippen molar-refractivity contribution in [1.29, 1.82) is 0 Å². The smallest absolute Gasteiger partial charge is 0.147 e. The topological polar surface area (TPSA) is 45.2 Å². The summed E-state index contributed by atoms with van der Waals surface area (Å²) in [5, 5.41) is 12.1. The van der Waals surface area contributed by atoms with Crippen LogP contribution in [0.3, 0.4) is 0 Å². The number of nitrogens with zero attached hydrogens (tertiary/aromatic N) is 1. The van der Waals surface area contributed by atoms with Crippen molar-refractivity contribution in [3.05, 3.63) is 52.0 Å². The first kappa shape index (κ1) is 13.0. The number of rotatable bonds is 3. The van der Waals surface area contributed by atoms with Crippen molar-refractivity contribution < 1.29 is 9.50 Å². The monoisotopic (exact) mass is 310 g/mol. The average molecular weight is 311 g/mol. The fourth-order valence-corrected chi connectivity index (χ4v) is 1.92. The minimum atomic E-state index is -0.349. The number of aromatic nitrogens is 1. The van der Waals surface area contributed by atoms with Crippen LogP contribution < -0.4 is 5.32 Å². The number of nitrogens with one attached hydrogen (secondary N) is 1. The number of benzene rings is 1. The van der Waals surface area contributed by atoms with Crippen molar-refractivity contribution in [2.24, 2.45) is 0 Å². The second-order valence-corrected chi connectivity index (χ2v) is 4.79. The lowest BCUT2D eigenvalue weighted by Gasteiger charge is -2.12. The van der Waals surface area contributed by atoms with Crippen molar-refractivity contribution in [2.75, 3.05) is 5.32 Å². The van der Waals surface area contributed by atoms with E-state index < -0.39 is 0 Å². The molecule has 0 atom stereocenters. The van der Waals surface area contributed by atoms with Crippen LogP contribution in [0.4, 0.5) is 15.8 Å². The molecule has 0 amide bonds. The van der Waals surface area contributed by atoms with E-state index in [-0.39, 0.29) is 12.4 Å². The van der Waals surface area contributed by atoms with Crippen LogP contribution in [0.1, 0.15) is 11.1 Å². The van der Waals surface area contributed by atoms with Crippen LogP contribution >= 0.6 is 15.9 Å². The number of anilines is 2. The van der Waals surface area contributed by atoms with Crippen LogP contribution in [0.5, 0.6) is 0 Å². The summed E-state index contributed by atoms with van der Waals surface area (Å²) in [6, 6.07) is 4.79. The van der Waals surface area contributed by atoms with Gasteiger partial charge >= 0.3 is 0 Å². The Morgan fingerprint density at radius 2 is 2.11 bits per heavy atom. The van der Waals surface area contributed by atoms with Crippen LogP contribution in [0.25, 0.3) is 0 Å². The predicted octanol–water partition coefficient (Wildman–Crippen LogP) is 3.53. The molecular weight excluding hydrogens is 299 g/mol. The highest BCUT2D eigenvalue weighted by atomic mass is 79.9. The van der Waals surface area contributed by atoms with E-state index in [0.717, 1.165) is 11.1 Å². The molecule has 94 valence electrons. The molecular formula is C13H12BrFN2O. The number of hydrogen-bond acceptors (Lipinski definition) is 3. The van der Waals surface area contributed by atoms with Gasteiger partial charge in [-0.15, -0.1) is 0 Å². The lowest BCUT2D eigenvalue weighted by atomic mass is 10.1. The summed E-state index contributed by atoms with van der Waals surface area (Å²) < 4.78 is 14.4. The van der Waals surface area contributed by atoms with Gasteiger partial charge in [0.2, 0.25) is 0 Å². The first-order chi connectivity index (χ1) is 8.61. The number of halogens is 2. The second-order valence-electron chi connectivity index (χ2n) is 3.88. The average Bonchev–Trinajstić information content (AvgIpc) is 2.35. The van der Waals surface area contributed by atoms with E-state index in [1.807, 2.05) is 6.92 Å². The molecule has 1 heterocycles. The maximum atomic E-state index is 13.7. The maximum Gasteiger partial charge on any atom is 0.147 e. The quantitative estimate of drug-likeness (QED) is 0.911.